The van der Waals surface area contributed by atoms with Crippen LogP contribution in [0.5, 0.6) is 0 Å². The summed E-state index contributed by atoms with van der Waals surface area (Å²) < 4.78 is 64.6. The molecule has 0 saturated carbocycles. The van der Waals surface area contributed by atoms with Gasteiger partial charge in [0.25, 0.3) is 23.5 Å². The first-order chi connectivity index (χ1) is 23.1. The average molecular weight is 818 g/mol. The molecule has 264 valence electrons. The van der Waals surface area contributed by atoms with Crippen LogP contribution in [0.25, 0.3) is 22.3 Å². The molecule has 6 atom stereocenters. The van der Waals surface area contributed by atoms with Gasteiger partial charge < -0.3 is 54.3 Å². The van der Waals surface area contributed by atoms with Crippen LogP contribution >= 0.6 is 23.5 Å². The summed E-state index contributed by atoms with van der Waals surface area (Å²) in [5, 5.41) is 0. The molecule has 0 aliphatic rings. The van der Waals surface area contributed by atoms with E-state index in [0.717, 1.165) is 34.4 Å². The van der Waals surface area contributed by atoms with Gasteiger partial charge in [-0.15, -0.1) is 0 Å². The topological polar surface area (TPSA) is 383 Å². The number of aromatic nitrogens is 8. The molecule has 26 nitrogen and oxygen atoms in total. The molecule has 2 unspecified atom stereocenters. The first-order valence-electron chi connectivity index (χ1n) is 12.8. The Morgan fingerprint density at radius 2 is 0.981 bits per heavy atom. The Morgan fingerprint density at radius 1 is 0.615 bits per heavy atom. The zero-order valence-electron chi connectivity index (χ0n) is 26.9. The molecular formula is C20H20N10Na3O16P3. The molecule has 4 aromatic rings. The number of phosphoric acid groups is 3. The molecule has 52 heavy (non-hydrogen) atoms. The fourth-order valence-corrected chi connectivity index (χ4v) is 7.04. The molecule has 0 fully saturated rings. The van der Waals surface area contributed by atoms with Gasteiger partial charge in [-0.1, -0.05) is 0 Å². The van der Waals surface area contributed by atoms with Crippen molar-refractivity contribution in [1.82, 2.24) is 39.0 Å². The number of carbonyl (C=O) groups excluding carboxylic acids is 4. The number of carbonyl (C=O) groups is 4. The minimum atomic E-state index is -6.38. The number of nitrogen functional groups attached to an aromatic ring is 2. The van der Waals surface area contributed by atoms with Gasteiger partial charge in [0.15, 0.2) is 60.5 Å². The van der Waals surface area contributed by atoms with Crippen molar-refractivity contribution in [2.45, 2.75) is 24.7 Å². The van der Waals surface area contributed by atoms with Gasteiger partial charge in [0, 0.05) is 0 Å². The third-order valence-corrected chi connectivity index (χ3v) is 9.81. The van der Waals surface area contributed by atoms with E-state index in [1.807, 2.05) is 0 Å². The standard InChI is InChI=1S/C20H23N10O16P3.3Na/c21-17-15-19(25-7-23-17)29(9-27-15)13(3-33)43-11(1-31)5-41-47(35,36)45-49(39,40)46-48(37,38)42-6-12(2-32)44-14(4-34)30-10-28-16-18(22)24-8-26-20(16)30;;;/h1-4,7-14H,5-6H2,(H,35,36)(H,37,38)(H,39,40)(H2,21,23,25)(H2,22,24,26);;;/q;3*+1/p-3/t11-,12-,13+,14+;;;/m0.../s1. The maximum atomic E-state index is 12.1. The van der Waals surface area contributed by atoms with Crippen LogP contribution in [0.1, 0.15) is 12.5 Å². The van der Waals surface area contributed by atoms with Gasteiger partial charge in [-0.3, -0.25) is 32.4 Å². The normalized spacial score (nSPS) is 17.0. The van der Waals surface area contributed by atoms with Crippen molar-refractivity contribution in [3.05, 3.63) is 25.3 Å². The van der Waals surface area contributed by atoms with Crippen molar-refractivity contribution in [2.75, 3.05) is 24.7 Å². The smallest absolute Gasteiger partial charge is 0.756 e. The van der Waals surface area contributed by atoms with Crippen molar-refractivity contribution >= 4 is 82.6 Å². The van der Waals surface area contributed by atoms with E-state index in [1.165, 1.54) is 0 Å². The molecule has 0 amide bonds. The monoisotopic (exact) mass is 818 g/mol. The zero-order chi connectivity index (χ0) is 36.0. The summed E-state index contributed by atoms with van der Waals surface area (Å²) >= 11 is 0. The van der Waals surface area contributed by atoms with Crippen LogP contribution < -0.4 is 115 Å². The Hall–Kier alpha value is -1.29. The van der Waals surface area contributed by atoms with Crippen molar-refractivity contribution < 1.29 is 163 Å². The molecule has 4 heterocycles. The summed E-state index contributed by atoms with van der Waals surface area (Å²) in [5.41, 5.74) is 11.4. The van der Waals surface area contributed by atoms with E-state index in [9.17, 15) is 47.6 Å². The van der Waals surface area contributed by atoms with E-state index < -0.39 is 61.3 Å². The molecule has 4 aromatic heterocycles. The molecule has 0 saturated heterocycles. The Morgan fingerprint density at radius 3 is 1.31 bits per heavy atom. The Bertz CT molecular complexity index is 1870. The minimum Gasteiger partial charge on any atom is -0.756 e. The number of rotatable bonds is 20. The third-order valence-electron chi connectivity index (χ3n) is 5.68. The van der Waals surface area contributed by atoms with Gasteiger partial charge >= 0.3 is 88.7 Å². The molecule has 0 aromatic carbocycles. The Balaban J connectivity index is 0.00000451. The van der Waals surface area contributed by atoms with Gasteiger partial charge in [-0.2, -0.15) is 0 Å². The number of nitrogens with zero attached hydrogens (tertiary/aromatic N) is 8. The number of hydrogen-bond donors (Lipinski definition) is 2. The second-order valence-electron chi connectivity index (χ2n) is 8.94. The molecule has 0 aliphatic heterocycles. The number of fused-ring (bicyclic) bond motifs is 2. The van der Waals surface area contributed by atoms with Crippen molar-refractivity contribution in [3.8, 4) is 0 Å². The predicted molar refractivity (Wildman–Crippen MR) is 148 cm³/mol. The predicted octanol–water partition coefficient (Wildman–Crippen LogP) is -12.1. The molecule has 32 heteroatoms. The van der Waals surface area contributed by atoms with Crippen LogP contribution in [0, 0.1) is 0 Å². The fraction of sp³-hybridized carbons (Fsp3) is 0.300. The molecule has 0 aliphatic carbocycles. The van der Waals surface area contributed by atoms with Crippen LogP contribution in [0.2, 0.25) is 0 Å². The number of imidazole rings is 2. The summed E-state index contributed by atoms with van der Waals surface area (Å²) in [6.07, 6.45) is -2.62. The average Bonchev–Trinajstić information content (AvgIpc) is 3.67. The van der Waals surface area contributed by atoms with Crippen LogP contribution in [0.15, 0.2) is 25.3 Å². The summed E-state index contributed by atoms with van der Waals surface area (Å²) in [6, 6.07) is 0. The second kappa shape index (κ2) is 21.1. The van der Waals surface area contributed by atoms with Crippen LogP contribution in [-0.4, -0.2) is 89.6 Å². The third kappa shape index (κ3) is 12.9. The largest absolute Gasteiger partial charge is 1.00 e. The van der Waals surface area contributed by atoms with Gasteiger partial charge in [-0.25, -0.2) is 38.5 Å². The number of anilines is 2. The Kier molecular flexibility index (Phi) is 19.8. The van der Waals surface area contributed by atoms with Crippen LogP contribution in [0.3, 0.4) is 0 Å². The van der Waals surface area contributed by atoms with Gasteiger partial charge in [-0.05, 0) is 0 Å². The van der Waals surface area contributed by atoms with Crippen molar-refractivity contribution in [2.24, 2.45) is 0 Å². The summed E-state index contributed by atoms with van der Waals surface area (Å²) in [5.74, 6) is -0.120. The SMILES string of the molecule is Nc1ncnc2c1ncn2[C@@H](C=O)O[C@@H](C=O)COP(=O)([O-])OP(=O)([O-])OP(=O)([O-])OC[C@H](C=O)O[C@H](C=O)n1cnc2c(N)ncnc21.[Na+].[Na+].[Na+]. The number of ether oxygens (including phenoxy) is 2. The molecular weight excluding hydrogens is 798 g/mol. The minimum absolute atomic E-state index is 0. The van der Waals surface area contributed by atoms with E-state index in [-0.39, 0.29) is 148 Å². The summed E-state index contributed by atoms with van der Waals surface area (Å²) in [4.78, 5) is 106. The number of hydrogen-bond acceptors (Lipinski definition) is 24. The van der Waals surface area contributed by atoms with Crippen molar-refractivity contribution in [1.29, 1.82) is 0 Å². The van der Waals surface area contributed by atoms with E-state index in [1.54, 1.807) is 0 Å². The van der Waals surface area contributed by atoms with Crippen LogP contribution in [0.4, 0.5) is 11.6 Å². The van der Waals surface area contributed by atoms with Gasteiger partial charge in [0.2, 0.25) is 0 Å². The second-order valence-corrected chi connectivity index (χ2v) is 13.4. The number of nitrogens with two attached hydrogens (primary N) is 2. The zero-order valence-corrected chi connectivity index (χ0v) is 35.6. The molecule has 4 rings (SSSR count). The van der Waals surface area contributed by atoms with E-state index in [2.05, 4.69) is 47.6 Å². The first kappa shape index (κ1) is 48.7. The number of phosphoric ester groups is 2. The molecule has 4 N–H and O–H groups in total. The van der Waals surface area contributed by atoms with E-state index in [0.29, 0.717) is 0 Å². The summed E-state index contributed by atoms with van der Waals surface area (Å²) in [6.45, 7) is -2.57. The quantitative estimate of drug-likeness (QED) is 0.0475. The molecule has 0 bridgehead atoms. The van der Waals surface area contributed by atoms with Gasteiger partial charge in [0.05, 0.1) is 25.9 Å². The Labute approximate surface area is 356 Å². The fourth-order valence-electron chi connectivity index (χ4n) is 3.65. The maximum absolute atomic E-state index is 12.1. The first-order valence-corrected chi connectivity index (χ1v) is 17.1. The van der Waals surface area contributed by atoms with Crippen molar-refractivity contribution in [3.63, 3.8) is 0 Å². The van der Waals surface area contributed by atoms with E-state index in [4.69, 9.17) is 20.9 Å². The van der Waals surface area contributed by atoms with Crippen LogP contribution in [-0.2, 0) is 60.0 Å². The van der Waals surface area contributed by atoms with Gasteiger partial charge in [0.1, 0.15) is 35.9 Å². The van der Waals surface area contributed by atoms with E-state index >= 15 is 0 Å². The summed E-state index contributed by atoms with van der Waals surface area (Å²) in [7, 11) is -18.5. The maximum Gasteiger partial charge on any atom is 1.00 e. The number of aldehydes is 4. The molecule has 0 spiro atoms. The molecule has 0 radical (unpaired) electrons.